The Morgan fingerprint density at radius 1 is 1.00 bits per heavy atom. The Hall–Kier alpha value is -4.14. The van der Waals surface area contributed by atoms with Crippen LogP contribution in [-0.4, -0.2) is 33.1 Å². The van der Waals surface area contributed by atoms with E-state index in [0.29, 0.717) is 11.5 Å². The molecule has 1 unspecified atom stereocenters. The third kappa shape index (κ3) is 6.22. The molecular weight excluding hydrogens is 495 g/mol. The monoisotopic (exact) mass is 523 g/mol. The molecule has 0 saturated heterocycles. The number of carboxylic acid groups (broad SMARTS) is 1. The first kappa shape index (κ1) is 26.9. The third-order valence-corrected chi connectivity index (χ3v) is 6.32. The second kappa shape index (κ2) is 11.1. The summed E-state index contributed by atoms with van der Waals surface area (Å²) in [5, 5.41) is 12.2. The first-order valence-corrected chi connectivity index (χ1v) is 12.3. The topological polar surface area (TPSA) is 84.2 Å². The molecule has 9 heteroatoms. The molecule has 0 aliphatic heterocycles. The summed E-state index contributed by atoms with van der Waals surface area (Å²) in [6.45, 7) is 4.27. The van der Waals surface area contributed by atoms with Crippen molar-refractivity contribution in [2.45, 2.75) is 38.9 Å². The summed E-state index contributed by atoms with van der Waals surface area (Å²) in [5.74, 6) is -1.06. The summed E-state index contributed by atoms with van der Waals surface area (Å²) in [5.41, 5.74) is 2.95. The first-order valence-electron chi connectivity index (χ1n) is 12.3. The van der Waals surface area contributed by atoms with Gasteiger partial charge in [-0.1, -0.05) is 38.1 Å². The molecule has 2 heterocycles. The molecule has 1 amide bonds. The van der Waals surface area contributed by atoms with Crippen molar-refractivity contribution in [3.8, 4) is 11.1 Å². The summed E-state index contributed by atoms with van der Waals surface area (Å²) >= 11 is 0. The van der Waals surface area contributed by atoms with Crippen LogP contribution in [0.2, 0.25) is 0 Å². The predicted molar refractivity (Wildman–Crippen MR) is 139 cm³/mol. The zero-order valence-corrected chi connectivity index (χ0v) is 21.0. The molecular formula is C29H28F3N3O3. The number of aliphatic carboxylic acids is 1. The highest BCUT2D eigenvalue weighted by Crippen LogP contribution is 2.34. The number of pyridine rings is 1. The fraction of sp³-hybridized carbons (Fsp3) is 0.276. The summed E-state index contributed by atoms with van der Waals surface area (Å²) in [6, 6.07) is 16.4. The molecule has 198 valence electrons. The zero-order valence-electron chi connectivity index (χ0n) is 21.0. The molecule has 2 aromatic carbocycles. The van der Waals surface area contributed by atoms with Gasteiger partial charge in [0.25, 0.3) is 5.91 Å². The average Bonchev–Trinajstić information content (AvgIpc) is 3.29. The summed E-state index contributed by atoms with van der Waals surface area (Å²) in [7, 11) is 0. The number of hydrogen-bond acceptors (Lipinski definition) is 3. The van der Waals surface area contributed by atoms with E-state index in [4.69, 9.17) is 5.11 Å². The van der Waals surface area contributed by atoms with E-state index < -0.39 is 23.6 Å². The van der Waals surface area contributed by atoms with E-state index in [-0.39, 0.29) is 24.7 Å². The second-order valence-corrected chi connectivity index (χ2v) is 9.59. The quantitative estimate of drug-likeness (QED) is 0.260. The van der Waals surface area contributed by atoms with Gasteiger partial charge in [-0.2, -0.15) is 13.2 Å². The molecule has 0 aliphatic rings. The second-order valence-electron chi connectivity index (χ2n) is 9.59. The molecule has 6 nitrogen and oxygen atoms in total. The molecule has 4 rings (SSSR count). The van der Waals surface area contributed by atoms with Crippen molar-refractivity contribution in [1.82, 2.24) is 14.9 Å². The van der Waals surface area contributed by atoms with Gasteiger partial charge in [-0.05, 0) is 65.4 Å². The van der Waals surface area contributed by atoms with Gasteiger partial charge in [0.05, 0.1) is 18.0 Å². The Bertz CT molecular complexity index is 1430. The Morgan fingerprint density at radius 3 is 2.32 bits per heavy atom. The number of halogens is 3. The number of aromatic nitrogens is 2. The average molecular weight is 524 g/mol. The van der Waals surface area contributed by atoms with Gasteiger partial charge >= 0.3 is 12.1 Å². The molecule has 0 aliphatic carbocycles. The molecule has 2 N–H and O–H groups in total. The highest BCUT2D eigenvalue weighted by atomic mass is 19.4. The van der Waals surface area contributed by atoms with Gasteiger partial charge < -0.3 is 15.0 Å². The lowest BCUT2D eigenvalue weighted by atomic mass is 9.97. The Balaban J connectivity index is 1.60. The number of hydrogen-bond donors (Lipinski definition) is 2. The van der Waals surface area contributed by atoms with Crippen molar-refractivity contribution < 1.29 is 27.9 Å². The fourth-order valence-corrected chi connectivity index (χ4v) is 4.43. The van der Waals surface area contributed by atoms with E-state index in [9.17, 15) is 22.8 Å². The molecule has 0 fully saturated rings. The van der Waals surface area contributed by atoms with Crippen LogP contribution in [0.3, 0.4) is 0 Å². The smallest absolute Gasteiger partial charge is 0.416 e. The molecule has 0 radical (unpaired) electrons. The Morgan fingerprint density at radius 2 is 1.71 bits per heavy atom. The van der Waals surface area contributed by atoms with E-state index in [1.54, 1.807) is 12.3 Å². The highest BCUT2D eigenvalue weighted by Gasteiger charge is 2.30. The SMILES string of the molecule is CC(C)CC(c1ccc(C(=O)NCCC(=O)O)nc1)n1ccc2cc(-c3ccc(C(F)(F)F)cc3)ccc21. The number of alkyl halides is 3. The normalized spacial score (nSPS) is 12.6. The lowest BCUT2D eigenvalue weighted by molar-refractivity contribution is -0.138. The Kier molecular flexibility index (Phi) is 7.85. The van der Waals surface area contributed by atoms with Gasteiger partial charge in [-0.25, -0.2) is 0 Å². The molecule has 38 heavy (non-hydrogen) atoms. The van der Waals surface area contributed by atoms with Crippen LogP contribution in [-0.2, 0) is 11.0 Å². The van der Waals surface area contributed by atoms with Crippen LogP contribution in [0.1, 0.15) is 54.3 Å². The number of amides is 1. The van der Waals surface area contributed by atoms with Crippen molar-refractivity contribution in [1.29, 1.82) is 0 Å². The number of carbonyl (C=O) groups excluding carboxylic acids is 1. The minimum absolute atomic E-state index is 0.0252. The van der Waals surface area contributed by atoms with E-state index in [1.807, 2.05) is 36.5 Å². The molecule has 0 spiro atoms. The maximum atomic E-state index is 12.9. The summed E-state index contributed by atoms with van der Waals surface area (Å²) < 4.78 is 40.9. The number of fused-ring (bicyclic) bond motifs is 1. The standard InChI is InChI=1S/C29H28F3N3O3/c1-18(2)15-26(22-5-9-24(34-17-22)28(38)33-13-11-27(36)37)35-14-12-21-16-20(6-10-25(21)35)19-3-7-23(8-4-19)29(30,31)32/h3-10,12,14,16-18,26H,11,13,15H2,1-2H3,(H,33,38)(H,36,37). The number of nitrogens with one attached hydrogen (secondary N) is 1. The van der Waals surface area contributed by atoms with Crippen LogP contribution >= 0.6 is 0 Å². The maximum Gasteiger partial charge on any atom is 0.416 e. The van der Waals surface area contributed by atoms with E-state index in [1.165, 1.54) is 12.1 Å². The van der Waals surface area contributed by atoms with Gasteiger partial charge in [0, 0.05) is 29.8 Å². The van der Waals surface area contributed by atoms with Crippen molar-refractivity contribution in [3.05, 3.63) is 89.9 Å². The summed E-state index contributed by atoms with van der Waals surface area (Å²) in [6.07, 6.45) is -0.0670. The van der Waals surface area contributed by atoms with Gasteiger partial charge in [-0.3, -0.25) is 14.6 Å². The highest BCUT2D eigenvalue weighted by molar-refractivity contribution is 5.92. The van der Waals surface area contributed by atoms with Crippen LogP contribution in [0.5, 0.6) is 0 Å². The van der Waals surface area contributed by atoms with Gasteiger partial charge in [0.1, 0.15) is 5.69 Å². The van der Waals surface area contributed by atoms with Crippen LogP contribution in [0, 0.1) is 5.92 Å². The number of carboxylic acids is 1. The molecule has 1 atom stereocenters. The van der Waals surface area contributed by atoms with Crippen molar-refractivity contribution in [2.75, 3.05) is 6.54 Å². The number of carbonyl (C=O) groups is 2. The molecule has 4 aromatic rings. The Labute approximate surface area is 218 Å². The third-order valence-electron chi connectivity index (χ3n) is 6.32. The molecule has 0 bridgehead atoms. The van der Waals surface area contributed by atoms with E-state index in [2.05, 4.69) is 28.7 Å². The van der Waals surface area contributed by atoms with Crippen molar-refractivity contribution in [2.24, 2.45) is 5.92 Å². The van der Waals surface area contributed by atoms with Crippen LogP contribution in [0.4, 0.5) is 13.2 Å². The van der Waals surface area contributed by atoms with Crippen molar-refractivity contribution in [3.63, 3.8) is 0 Å². The number of benzene rings is 2. The minimum atomic E-state index is -4.37. The largest absolute Gasteiger partial charge is 0.481 e. The van der Waals surface area contributed by atoms with E-state index >= 15 is 0 Å². The zero-order chi connectivity index (χ0) is 27.4. The summed E-state index contributed by atoms with van der Waals surface area (Å²) in [4.78, 5) is 27.3. The maximum absolute atomic E-state index is 12.9. The molecule has 2 aromatic heterocycles. The van der Waals surface area contributed by atoms with Gasteiger partial charge in [0.2, 0.25) is 0 Å². The lowest BCUT2D eigenvalue weighted by Crippen LogP contribution is -2.26. The minimum Gasteiger partial charge on any atom is -0.481 e. The predicted octanol–water partition coefficient (Wildman–Crippen LogP) is 6.56. The van der Waals surface area contributed by atoms with Crippen LogP contribution in [0.15, 0.2) is 73.1 Å². The lowest BCUT2D eigenvalue weighted by Gasteiger charge is -2.23. The number of nitrogens with zero attached hydrogens (tertiary/aromatic N) is 2. The van der Waals surface area contributed by atoms with Crippen molar-refractivity contribution >= 4 is 22.8 Å². The first-order chi connectivity index (χ1) is 18.0. The van der Waals surface area contributed by atoms with Gasteiger partial charge in [-0.15, -0.1) is 0 Å². The van der Waals surface area contributed by atoms with Crippen LogP contribution < -0.4 is 5.32 Å². The fourth-order valence-electron chi connectivity index (χ4n) is 4.43. The molecule has 0 saturated carbocycles. The van der Waals surface area contributed by atoms with E-state index in [0.717, 1.165) is 40.6 Å². The van der Waals surface area contributed by atoms with Crippen LogP contribution in [0.25, 0.3) is 22.0 Å². The van der Waals surface area contributed by atoms with Gasteiger partial charge in [0.15, 0.2) is 0 Å². The number of rotatable bonds is 9.